The first-order valence-corrected chi connectivity index (χ1v) is 8.43. The van der Waals surface area contributed by atoms with Crippen molar-refractivity contribution in [3.8, 4) is 0 Å². The van der Waals surface area contributed by atoms with E-state index in [0.717, 1.165) is 13.0 Å². The second-order valence-corrected chi connectivity index (χ2v) is 7.36. The maximum atomic E-state index is 12.5. The molecule has 1 heterocycles. The number of amides is 1. The Hall–Kier alpha value is -1.06. The van der Waals surface area contributed by atoms with Crippen molar-refractivity contribution in [3.05, 3.63) is 0 Å². The van der Waals surface area contributed by atoms with Crippen molar-refractivity contribution in [2.45, 2.75) is 65.2 Å². The molecule has 21 heavy (non-hydrogen) atoms. The third kappa shape index (κ3) is 3.98. The highest BCUT2D eigenvalue weighted by atomic mass is 16.4. The van der Waals surface area contributed by atoms with E-state index in [2.05, 4.69) is 6.92 Å². The lowest BCUT2D eigenvalue weighted by Gasteiger charge is -2.38. The van der Waals surface area contributed by atoms with E-state index in [1.165, 1.54) is 32.1 Å². The molecule has 0 bridgehead atoms. The third-order valence-electron chi connectivity index (χ3n) is 5.52. The zero-order chi connectivity index (χ0) is 15.5. The summed E-state index contributed by atoms with van der Waals surface area (Å²) >= 11 is 0. The number of aliphatic carboxylic acids is 1. The van der Waals surface area contributed by atoms with Crippen molar-refractivity contribution in [2.75, 3.05) is 13.1 Å². The van der Waals surface area contributed by atoms with Gasteiger partial charge in [-0.25, -0.2) is 0 Å². The van der Waals surface area contributed by atoms with Gasteiger partial charge >= 0.3 is 5.97 Å². The number of piperidine rings is 1. The van der Waals surface area contributed by atoms with E-state index in [9.17, 15) is 14.7 Å². The van der Waals surface area contributed by atoms with Crippen LogP contribution in [0.5, 0.6) is 0 Å². The minimum atomic E-state index is -0.777. The molecular weight excluding hydrogens is 266 g/mol. The fourth-order valence-electron chi connectivity index (χ4n) is 3.90. The first kappa shape index (κ1) is 16.3. The lowest BCUT2D eigenvalue weighted by atomic mass is 9.78. The Labute approximate surface area is 127 Å². The monoisotopic (exact) mass is 295 g/mol. The zero-order valence-corrected chi connectivity index (χ0v) is 13.4. The van der Waals surface area contributed by atoms with Gasteiger partial charge in [0.25, 0.3) is 0 Å². The van der Waals surface area contributed by atoms with Crippen LogP contribution < -0.4 is 0 Å². The van der Waals surface area contributed by atoms with E-state index in [4.69, 9.17) is 0 Å². The van der Waals surface area contributed by atoms with Gasteiger partial charge in [-0.1, -0.05) is 39.0 Å². The summed E-state index contributed by atoms with van der Waals surface area (Å²) in [5, 5.41) is 9.34. The Morgan fingerprint density at radius 1 is 1.24 bits per heavy atom. The molecule has 2 unspecified atom stereocenters. The van der Waals surface area contributed by atoms with Gasteiger partial charge in [-0.3, -0.25) is 9.59 Å². The van der Waals surface area contributed by atoms with E-state index in [1.807, 2.05) is 0 Å². The molecule has 0 aromatic carbocycles. The molecule has 1 aliphatic heterocycles. The van der Waals surface area contributed by atoms with Crippen LogP contribution in [-0.2, 0) is 9.59 Å². The van der Waals surface area contributed by atoms with E-state index < -0.39 is 11.4 Å². The summed E-state index contributed by atoms with van der Waals surface area (Å²) in [4.78, 5) is 25.7. The van der Waals surface area contributed by atoms with Crippen molar-refractivity contribution >= 4 is 11.9 Å². The van der Waals surface area contributed by atoms with Crippen molar-refractivity contribution in [1.29, 1.82) is 0 Å². The largest absolute Gasteiger partial charge is 0.481 e. The average molecular weight is 295 g/mol. The van der Waals surface area contributed by atoms with E-state index in [1.54, 1.807) is 11.8 Å². The molecule has 120 valence electrons. The molecular formula is C17H29NO3. The predicted octanol–water partition coefficient (Wildman–Crippen LogP) is 3.31. The second kappa shape index (κ2) is 6.80. The average Bonchev–Trinajstić information content (AvgIpc) is 2.48. The van der Waals surface area contributed by atoms with Gasteiger partial charge in [0.15, 0.2) is 0 Å². The predicted molar refractivity (Wildman–Crippen MR) is 81.9 cm³/mol. The molecule has 2 rings (SSSR count). The number of rotatable bonds is 4. The highest BCUT2D eigenvalue weighted by Gasteiger charge is 2.39. The van der Waals surface area contributed by atoms with Gasteiger partial charge < -0.3 is 10.0 Å². The first-order chi connectivity index (χ1) is 9.92. The molecule has 1 aliphatic carbocycles. The summed E-state index contributed by atoms with van der Waals surface area (Å²) in [6.07, 6.45) is 8.48. The molecule has 0 aromatic heterocycles. The lowest BCUT2D eigenvalue weighted by Crippen LogP contribution is -2.48. The number of hydrogen-bond donors (Lipinski definition) is 1. The molecule has 4 nitrogen and oxygen atoms in total. The second-order valence-electron chi connectivity index (χ2n) is 7.36. The van der Waals surface area contributed by atoms with Crippen LogP contribution in [0.15, 0.2) is 0 Å². The summed E-state index contributed by atoms with van der Waals surface area (Å²) in [7, 11) is 0. The Morgan fingerprint density at radius 2 is 1.90 bits per heavy atom. The number of carbonyl (C=O) groups excluding carboxylic acids is 1. The number of carbonyl (C=O) groups is 2. The van der Waals surface area contributed by atoms with Gasteiger partial charge in [-0.2, -0.15) is 0 Å². The molecule has 0 aromatic rings. The standard InChI is InChI=1S/C17H29NO3/c1-13(14-7-4-3-5-8-14)11-15(19)18-10-6-9-17(2,12-18)16(20)21/h13-14H,3-12H2,1-2H3,(H,20,21). The molecule has 0 radical (unpaired) electrons. The minimum absolute atomic E-state index is 0.153. The molecule has 4 heteroatoms. The topological polar surface area (TPSA) is 57.6 Å². The van der Waals surface area contributed by atoms with Gasteiger partial charge in [-0.15, -0.1) is 0 Å². The maximum Gasteiger partial charge on any atom is 0.311 e. The van der Waals surface area contributed by atoms with Crippen LogP contribution in [0, 0.1) is 17.3 Å². The smallest absolute Gasteiger partial charge is 0.311 e. The fraction of sp³-hybridized carbons (Fsp3) is 0.882. The van der Waals surface area contributed by atoms with E-state index in [0.29, 0.717) is 31.2 Å². The molecule has 1 N–H and O–H groups in total. The van der Waals surface area contributed by atoms with Gasteiger partial charge in [-0.05, 0) is 31.6 Å². The normalized spacial score (nSPS) is 29.1. The SMILES string of the molecule is CC(CC(=O)N1CCCC(C)(C(=O)O)C1)C1CCCCC1. The minimum Gasteiger partial charge on any atom is -0.481 e. The van der Waals surface area contributed by atoms with Crippen LogP contribution in [0.4, 0.5) is 0 Å². The van der Waals surface area contributed by atoms with Gasteiger partial charge in [0, 0.05) is 19.5 Å². The van der Waals surface area contributed by atoms with Crippen LogP contribution in [0.1, 0.15) is 65.2 Å². The molecule has 0 spiro atoms. The van der Waals surface area contributed by atoms with Crippen molar-refractivity contribution in [3.63, 3.8) is 0 Å². The quantitative estimate of drug-likeness (QED) is 0.865. The number of carboxylic acids is 1. The molecule has 2 fully saturated rings. The fourth-order valence-corrected chi connectivity index (χ4v) is 3.90. The van der Waals surface area contributed by atoms with Crippen LogP contribution in [0.2, 0.25) is 0 Å². The van der Waals surface area contributed by atoms with Crippen LogP contribution in [0.25, 0.3) is 0 Å². The van der Waals surface area contributed by atoms with Gasteiger partial charge in [0.2, 0.25) is 5.91 Å². The third-order valence-corrected chi connectivity index (χ3v) is 5.52. The number of carboxylic acid groups (broad SMARTS) is 1. The summed E-state index contributed by atoms with van der Waals surface area (Å²) in [5.74, 6) is 0.481. The Morgan fingerprint density at radius 3 is 2.52 bits per heavy atom. The summed E-state index contributed by atoms with van der Waals surface area (Å²) in [5.41, 5.74) is -0.762. The summed E-state index contributed by atoms with van der Waals surface area (Å²) in [6, 6.07) is 0. The lowest BCUT2D eigenvalue weighted by molar-refractivity contribution is -0.153. The Bertz CT molecular complexity index is 389. The number of nitrogens with zero attached hydrogens (tertiary/aromatic N) is 1. The van der Waals surface area contributed by atoms with Crippen molar-refractivity contribution in [2.24, 2.45) is 17.3 Å². The Balaban J connectivity index is 1.88. The molecule has 1 amide bonds. The zero-order valence-electron chi connectivity index (χ0n) is 13.4. The van der Waals surface area contributed by atoms with Crippen LogP contribution >= 0.6 is 0 Å². The van der Waals surface area contributed by atoms with Gasteiger partial charge in [0.1, 0.15) is 0 Å². The molecule has 1 saturated carbocycles. The van der Waals surface area contributed by atoms with Crippen LogP contribution in [0.3, 0.4) is 0 Å². The summed E-state index contributed by atoms with van der Waals surface area (Å²) in [6.45, 7) is 5.05. The van der Waals surface area contributed by atoms with Crippen molar-refractivity contribution in [1.82, 2.24) is 4.90 Å². The van der Waals surface area contributed by atoms with E-state index in [-0.39, 0.29) is 5.91 Å². The molecule has 2 aliphatic rings. The molecule has 1 saturated heterocycles. The highest BCUT2D eigenvalue weighted by Crippen LogP contribution is 2.33. The number of likely N-dealkylation sites (tertiary alicyclic amines) is 1. The first-order valence-electron chi connectivity index (χ1n) is 8.43. The van der Waals surface area contributed by atoms with Crippen molar-refractivity contribution < 1.29 is 14.7 Å². The number of hydrogen-bond acceptors (Lipinski definition) is 2. The van der Waals surface area contributed by atoms with Gasteiger partial charge in [0.05, 0.1) is 5.41 Å². The van der Waals surface area contributed by atoms with E-state index >= 15 is 0 Å². The van der Waals surface area contributed by atoms with Crippen LogP contribution in [-0.4, -0.2) is 35.0 Å². The summed E-state index contributed by atoms with van der Waals surface area (Å²) < 4.78 is 0. The Kier molecular flexibility index (Phi) is 5.28. The highest BCUT2D eigenvalue weighted by molar-refractivity contribution is 5.79. The maximum absolute atomic E-state index is 12.5. The molecule has 2 atom stereocenters.